The van der Waals surface area contributed by atoms with Crippen molar-refractivity contribution in [3.63, 3.8) is 0 Å². The van der Waals surface area contributed by atoms with Crippen molar-refractivity contribution in [1.82, 2.24) is 19.7 Å². The minimum Gasteiger partial charge on any atom is -0.313 e. The van der Waals surface area contributed by atoms with Crippen molar-refractivity contribution >= 4 is 0 Å². The molecule has 0 fully saturated rings. The summed E-state index contributed by atoms with van der Waals surface area (Å²) in [4.78, 5) is 2.27. The topological polar surface area (TPSA) is 34.0 Å². The van der Waals surface area contributed by atoms with Crippen molar-refractivity contribution in [2.24, 2.45) is 0 Å². The van der Waals surface area contributed by atoms with Crippen LogP contribution in [0, 0.1) is 0 Å². The molecule has 0 unspecified atom stereocenters. The average molecular weight is 166 g/mol. The fraction of sp³-hybridized carbons (Fsp3) is 0.750. The molecular weight excluding hydrogens is 152 g/mol. The molecule has 0 radical (unpaired) electrons. The van der Waals surface area contributed by atoms with Crippen LogP contribution in [0.25, 0.3) is 0 Å². The van der Waals surface area contributed by atoms with E-state index < -0.39 is 0 Å². The Morgan fingerprint density at radius 2 is 2.17 bits per heavy atom. The van der Waals surface area contributed by atoms with Crippen LogP contribution in [0.4, 0.5) is 0 Å². The summed E-state index contributed by atoms with van der Waals surface area (Å²) in [6.45, 7) is 5.21. The van der Waals surface area contributed by atoms with Crippen LogP contribution in [0.3, 0.4) is 0 Å². The van der Waals surface area contributed by atoms with Crippen molar-refractivity contribution in [3.8, 4) is 0 Å². The lowest BCUT2D eigenvalue weighted by Crippen LogP contribution is -2.31. The third-order valence-corrected chi connectivity index (χ3v) is 2.34. The highest BCUT2D eigenvalue weighted by molar-refractivity contribution is 4.98. The molecule has 1 aromatic heterocycles. The number of hydrogen-bond donors (Lipinski definition) is 0. The molecule has 0 bridgehead atoms. The molecule has 0 atom stereocenters. The molecule has 0 saturated heterocycles. The van der Waals surface area contributed by atoms with E-state index in [1.54, 1.807) is 0 Å². The Morgan fingerprint density at radius 3 is 2.92 bits per heavy atom. The molecule has 1 aliphatic rings. The molecular formula is C8H14N4. The molecule has 66 valence electrons. The van der Waals surface area contributed by atoms with E-state index in [0.717, 1.165) is 37.7 Å². The number of likely N-dealkylation sites (N-methyl/N-ethyl adjacent to an activating group) is 1. The maximum absolute atomic E-state index is 4.15. The van der Waals surface area contributed by atoms with E-state index in [0.29, 0.717) is 0 Å². The Bertz CT molecular complexity index is 279. The van der Waals surface area contributed by atoms with Gasteiger partial charge in [0.05, 0.1) is 6.54 Å². The minimum atomic E-state index is 0.938. The van der Waals surface area contributed by atoms with Gasteiger partial charge in [-0.1, -0.05) is 6.92 Å². The van der Waals surface area contributed by atoms with Gasteiger partial charge in [-0.2, -0.15) is 0 Å². The molecule has 0 spiro atoms. The van der Waals surface area contributed by atoms with Gasteiger partial charge in [-0.3, -0.25) is 4.90 Å². The van der Waals surface area contributed by atoms with Crippen LogP contribution >= 0.6 is 0 Å². The van der Waals surface area contributed by atoms with Crippen LogP contribution < -0.4 is 0 Å². The summed E-state index contributed by atoms with van der Waals surface area (Å²) in [7, 11) is 2.11. The van der Waals surface area contributed by atoms with E-state index in [2.05, 4.69) is 33.6 Å². The summed E-state index contributed by atoms with van der Waals surface area (Å²) < 4.78 is 2.24. The monoisotopic (exact) mass is 166 g/mol. The Hall–Kier alpha value is -0.900. The summed E-state index contributed by atoms with van der Waals surface area (Å²) in [5, 5.41) is 8.29. The first-order valence-electron chi connectivity index (χ1n) is 4.40. The summed E-state index contributed by atoms with van der Waals surface area (Å²) in [6, 6.07) is 0. The van der Waals surface area contributed by atoms with Gasteiger partial charge in [0.2, 0.25) is 0 Å². The van der Waals surface area contributed by atoms with E-state index >= 15 is 0 Å². The largest absolute Gasteiger partial charge is 0.313 e. The number of aromatic nitrogens is 3. The normalized spacial score (nSPS) is 17.8. The number of hydrogen-bond acceptors (Lipinski definition) is 3. The van der Waals surface area contributed by atoms with Gasteiger partial charge in [-0.15, -0.1) is 10.2 Å². The predicted octanol–water partition coefficient (Wildman–Crippen LogP) is 0.286. The van der Waals surface area contributed by atoms with Crippen LogP contribution in [-0.4, -0.2) is 33.3 Å². The maximum Gasteiger partial charge on any atom is 0.147 e. The first-order valence-corrected chi connectivity index (χ1v) is 4.40. The Morgan fingerprint density at radius 1 is 1.33 bits per heavy atom. The maximum atomic E-state index is 4.15. The lowest BCUT2D eigenvalue weighted by molar-refractivity contribution is 0.262. The predicted molar refractivity (Wildman–Crippen MR) is 45.7 cm³/mol. The van der Waals surface area contributed by atoms with E-state index in [1.807, 2.05) is 0 Å². The van der Waals surface area contributed by atoms with Crippen molar-refractivity contribution in [1.29, 1.82) is 0 Å². The zero-order chi connectivity index (χ0) is 8.55. The van der Waals surface area contributed by atoms with Gasteiger partial charge in [0.1, 0.15) is 11.6 Å². The van der Waals surface area contributed by atoms with E-state index in [1.165, 1.54) is 0 Å². The third-order valence-electron chi connectivity index (χ3n) is 2.34. The number of nitrogens with zero attached hydrogens (tertiary/aromatic N) is 4. The first-order chi connectivity index (χ1) is 5.81. The first kappa shape index (κ1) is 7.73. The van der Waals surface area contributed by atoms with Gasteiger partial charge >= 0.3 is 0 Å². The van der Waals surface area contributed by atoms with Gasteiger partial charge in [0, 0.05) is 19.5 Å². The molecule has 0 saturated carbocycles. The molecule has 0 aromatic carbocycles. The van der Waals surface area contributed by atoms with Crippen LogP contribution in [0.2, 0.25) is 0 Å². The third kappa shape index (κ3) is 1.12. The second-order valence-electron chi connectivity index (χ2n) is 3.28. The van der Waals surface area contributed by atoms with E-state index in [4.69, 9.17) is 0 Å². The molecule has 2 heterocycles. The van der Waals surface area contributed by atoms with Gasteiger partial charge in [-0.25, -0.2) is 0 Å². The van der Waals surface area contributed by atoms with Gasteiger partial charge in [-0.05, 0) is 7.05 Å². The number of rotatable bonds is 1. The van der Waals surface area contributed by atoms with Crippen molar-refractivity contribution in [2.45, 2.75) is 26.4 Å². The molecule has 0 amide bonds. The molecule has 4 heteroatoms. The van der Waals surface area contributed by atoms with Crippen LogP contribution in [-0.2, 0) is 19.5 Å². The Labute approximate surface area is 72.2 Å². The van der Waals surface area contributed by atoms with E-state index in [-0.39, 0.29) is 0 Å². The Balaban J connectivity index is 2.32. The molecule has 2 rings (SSSR count). The highest BCUT2D eigenvalue weighted by atomic mass is 15.3. The van der Waals surface area contributed by atoms with Crippen molar-refractivity contribution in [2.75, 3.05) is 13.6 Å². The van der Waals surface area contributed by atoms with E-state index in [9.17, 15) is 0 Å². The zero-order valence-electron chi connectivity index (χ0n) is 7.62. The van der Waals surface area contributed by atoms with Crippen LogP contribution in [0.15, 0.2) is 0 Å². The Kier molecular flexibility index (Phi) is 1.84. The highest BCUT2D eigenvalue weighted by Gasteiger charge is 2.16. The fourth-order valence-electron chi connectivity index (χ4n) is 1.60. The number of aryl methyl sites for hydroxylation is 1. The van der Waals surface area contributed by atoms with Crippen LogP contribution in [0.1, 0.15) is 18.6 Å². The molecule has 0 aliphatic carbocycles. The lowest BCUT2D eigenvalue weighted by atomic mass is 10.3. The summed E-state index contributed by atoms with van der Waals surface area (Å²) in [5.74, 6) is 2.23. The van der Waals surface area contributed by atoms with Gasteiger partial charge in [0.25, 0.3) is 0 Å². The fourth-order valence-corrected chi connectivity index (χ4v) is 1.60. The van der Waals surface area contributed by atoms with Crippen molar-refractivity contribution in [3.05, 3.63) is 11.6 Å². The molecule has 1 aromatic rings. The number of fused-ring (bicyclic) bond motifs is 1. The minimum absolute atomic E-state index is 0.938. The second-order valence-corrected chi connectivity index (χ2v) is 3.28. The summed E-state index contributed by atoms with van der Waals surface area (Å²) in [6.07, 6.45) is 0.983. The average Bonchev–Trinajstić information content (AvgIpc) is 2.46. The molecule has 1 aliphatic heterocycles. The lowest BCUT2D eigenvalue weighted by Gasteiger charge is -2.23. The van der Waals surface area contributed by atoms with Gasteiger partial charge < -0.3 is 4.57 Å². The highest BCUT2D eigenvalue weighted by Crippen LogP contribution is 2.10. The second kappa shape index (κ2) is 2.86. The molecule has 4 nitrogen and oxygen atoms in total. The standard InChI is InChI=1S/C8H14N4/c1-3-7-9-10-8-6-11(2)4-5-12(7)8/h3-6H2,1-2H3. The van der Waals surface area contributed by atoms with Gasteiger partial charge in [0.15, 0.2) is 0 Å². The zero-order valence-corrected chi connectivity index (χ0v) is 7.62. The molecule has 0 N–H and O–H groups in total. The molecule has 12 heavy (non-hydrogen) atoms. The summed E-state index contributed by atoms with van der Waals surface area (Å²) in [5.41, 5.74) is 0. The SMILES string of the molecule is CCc1nnc2n1CCN(C)C2. The smallest absolute Gasteiger partial charge is 0.147 e. The van der Waals surface area contributed by atoms with Crippen molar-refractivity contribution < 1.29 is 0 Å². The van der Waals surface area contributed by atoms with Crippen LogP contribution in [0.5, 0.6) is 0 Å². The quantitative estimate of drug-likeness (QED) is 0.601. The summed E-state index contributed by atoms with van der Waals surface area (Å²) >= 11 is 0.